The van der Waals surface area contributed by atoms with Gasteiger partial charge in [-0.2, -0.15) is 35.1 Å². The second-order valence-electron chi connectivity index (χ2n) is 17.4. The number of ether oxygens (including phenoxy) is 4. The number of rotatable bonds is 18. The smallest absolute Gasteiger partial charge is 0.416 e. The highest BCUT2D eigenvalue weighted by atomic mass is 32.2. The number of pyridine rings is 2. The fourth-order valence-electron chi connectivity index (χ4n) is 8.84. The lowest BCUT2D eigenvalue weighted by Gasteiger charge is -2.29. The van der Waals surface area contributed by atoms with Gasteiger partial charge in [0.1, 0.15) is 23.1 Å². The summed E-state index contributed by atoms with van der Waals surface area (Å²) in [6.45, 7) is 1.57. The van der Waals surface area contributed by atoms with Gasteiger partial charge < -0.3 is 18.9 Å². The van der Waals surface area contributed by atoms with Crippen molar-refractivity contribution in [2.24, 2.45) is 0 Å². The molecule has 2 aliphatic rings. The molecule has 2 aliphatic heterocycles. The number of benzene rings is 4. The molecule has 0 radical (unpaired) electrons. The van der Waals surface area contributed by atoms with Gasteiger partial charge in [0.15, 0.2) is 0 Å². The topological polar surface area (TPSA) is 155 Å². The van der Waals surface area contributed by atoms with Gasteiger partial charge in [-0.1, -0.05) is 36.4 Å². The van der Waals surface area contributed by atoms with Gasteiger partial charge in [0.25, 0.3) is 20.0 Å². The van der Waals surface area contributed by atoms with Gasteiger partial charge in [0.2, 0.25) is 11.9 Å². The monoisotopic (exact) mass is 1080 g/mol. The first-order valence-corrected chi connectivity index (χ1v) is 26.4. The molecule has 0 aliphatic carbocycles. The van der Waals surface area contributed by atoms with E-state index in [4.69, 9.17) is 18.9 Å². The van der Waals surface area contributed by atoms with Crippen LogP contribution in [-0.2, 0) is 54.7 Å². The van der Waals surface area contributed by atoms with Crippen molar-refractivity contribution in [3.63, 3.8) is 0 Å². The average Bonchev–Trinajstić information content (AvgIpc) is 3.35. The number of halogens is 8. The molecule has 12 nitrogen and oxygen atoms in total. The Morgan fingerprint density at radius 3 is 1.30 bits per heavy atom. The molecule has 6 aromatic rings. The van der Waals surface area contributed by atoms with Gasteiger partial charge in [0, 0.05) is 62.5 Å². The van der Waals surface area contributed by atoms with Crippen LogP contribution in [0, 0.1) is 11.9 Å². The SMILES string of the molecule is COCCCCc1cc(C(F)(F)F)ccc1[C@@H]1CCOc2cc(S(=O)(=O)Nc3cccc(F)n3)ccc21.COCCCCc1cc(C(F)(F)F)ccc1[C@H]1CCOc2cc(S(=O)(=O)Nc3cccc(F)n3)ccc21. The predicted molar refractivity (Wildman–Crippen MR) is 259 cm³/mol. The number of alkyl halides is 6. The van der Waals surface area contributed by atoms with Crippen molar-refractivity contribution in [2.75, 3.05) is 50.1 Å². The average molecular weight is 1080 g/mol. The number of fused-ring (bicyclic) bond motifs is 2. The highest BCUT2D eigenvalue weighted by Gasteiger charge is 2.35. The lowest BCUT2D eigenvalue weighted by Crippen LogP contribution is -2.19. The van der Waals surface area contributed by atoms with Gasteiger partial charge >= 0.3 is 12.4 Å². The first-order valence-electron chi connectivity index (χ1n) is 23.4. The zero-order valence-corrected chi connectivity index (χ0v) is 41.7. The number of anilines is 2. The van der Waals surface area contributed by atoms with Crippen LogP contribution < -0.4 is 18.9 Å². The second kappa shape index (κ2) is 23.9. The Kier molecular flexibility index (Phi) is 17.9. The summed E-state index contributed by atoms with van der Waals surface area (Å²) in [5.41, 5.74) is 2.67. The summed E-state index contributed by atoms with van der Waals surface area (Å²) in [5.74, 6) is -1.86. The molecular formula is C52H52F8N4O8S2. The van der Waals surface area contributed by atoms with E-state index in [9.17, 15) is 52.0 Å². The minimum absolute atomic E-state index is 0.106. The van der Waals surface area contributed by atoms with Crippen LogP contribution in [0.15, 0.2) is 119 Å². The highest BCUT2D eigenvalue weighted by molar-refractivity contribution is 7.93. The van der Waals surface area contributed by atoms with Gasteiger partial charge in [-0.25, -0.2) is 26.8 Å². The van der Waals surface area contributed by atoms with Crippen molar-refractivity contribution in [2.45, 2.75) is 85.3 Å². The molecular weight excluding hydrogens is 1020 g/mol. The lowest BCUT2D eigenvalue weighted by atomic mass is 9.82. The molecule has 2 N–H and O–H groups in total. The van der Waals surface area contributed by atoms with Crippen LogP contribution in [0.1, 0.15) is 94.9 Å². The van der Waals surface area contributed by atoms with E-state index in [-0.39, 0.29) is 46.5 Å². The van der Waals surface area contributed by atoms with Crippen LogP contribution in [0.4, 0.5) is 46.8 Å². The fourth-order valence-corrected chi connectivity index (χ4v) is 10.9. The summed E-state index contributed by atoms with van der Waals surface area (Å²) in [4.78, 5) is 6.82. The maximum atomic E-state index is 13.4. The molecule has 2 aromatic heterocycles. The van der Waals surface area contributed by atoms with Crippen LogP contribution in [0.5, 0.6) is 11.5 Å². The molecule has 0 saturated carbocycles. The molecule has 0 bridgehead atoms. The second-order valence-corrected chi connectivity index (χ2v) is 20.8. The number of methoxy groups -OCH3 is 2. The molecule has 2 atom stereocenters. The van der Waals surface area contributed by atoms with E-state index in [0.717, 1.165) is 35.4 Å². The van der Waals surface area contributed by atoms with Gasteiger partial charge in [-0.05, 0) is 134 Å². The number of nitrogens with zero attached hydrogens (tertiary/aromatic N) is 2. The first kappa shape index (κ1) is 55.4. The lowest BCUT2D eigenvalue weighted by molar-refractivity contribution is -0.138. The third kappa shape index (κ3) is 14.1. The van der Waals surface area contributed by atoms with Gasteiger partial charge in [0.05, 0.1) is 34.1 Å². The van der Waals surface area contributed by atoms with Crippen LogP contribution >= 0.6 is 0 Å². The van der Waals surface area contributed by atoms with E-state index in [0.29, 0.717) is 98.3 Å². The van der Waals surface area contributed by atoms with Gasteiger partial charge in [-0.15, -0.1) is 0 Å². The van der Waals surface area contributed by atoms with E-state index >= 15 is 0 Å². The Morgan fingerprint density at radius 1 is 0.541 bits per heavy atom. The number of unbranched alkanes of at least 4 members (excludes halogenated alkanes) is 2. The minimum atomic E-state index is -4.46. The van der Waals surface area contributed by atoms with E-state index in [1.165, 1.54) is 72.8 Å². The number of aryl methyl sites for hydroxylation is 2. The summed E-state index contributed by atoms with van der Waals surface area (Å²) in [6, 6.07) is 23.8. The van der Waals surface area contributed by atoms with Crippen molar-refractivity contribution < 1.29 is 70.9 Å². The van der Waals surface area contributed by atoms with E-state index in [1.54, 1.807) is 26.4 Å². The minimum Gasteiger partial charge on any atom is -0.493 e. The van der Waals surface area contributed by atoms with Crippen molar-refractivity contribution >= 4 is 31.7 Å². The quantitative estimate of drug-likeness (QED) is 0.0483. The molecule has 4 aromatic carbocycles. The summed E-state index contributed by atoms with van der Waals surface area (Å²) in [6.07, 6.45) is -4.21. The van der Waals surface area contributed by atoms with Crippen LogP contribution in [0.25, 0.3) is 0 Å². The molecule has 4 heterocycles. The number of sulfonamides is 2. The van der Waals surface area contributed by atoms with Gasteiger partial charge in [-0.3, -0.25) is 9.44 Å². The fraction of sp³-hybridized carbons (Fsp3) is 0.346. The molecule has 0 unspecified atom stereocenters. The van der Waals surface area contributed by atoms with E-state index in [2.05, 4.69) is 19.4 Å². The number of nitrogens with one attached hydrogen (secondary N) is 2. The number of aromatic nitrogens is 2. The maximum absolute atomic E-state index is 13.4. The zero-order chi connectivity index (χ0) is 53.3. The van der Waals surface area contributed by atoms with Crippen LogP contribution in [-0.4, -0.2) is 67.5 Å². The Balaban J connectivity index is 0.000000216. The van der Waals surface area contributed by atoms with Crippen LogP contribution in [0.3, 0.4) is 0 Å². The first-order chi connectivity index (χ1) is 35.2. The largest absolute Gasteiger partial charge is 0.493 e. The van der Waals surface area contributed by atoms with Crippen molar-refractivity contribution in [1.29, 1.82) is 0 Å². The molecule has 74 heavy (non-hydrogen) atoms. The third-order valence-corrected chi connectivity index (χ3v) is 15.1. The molecule has 396 valence electrons. The Morgan fingerprint density at radius 2 is 0.932 bits per heavy atom. The highest BCUT2D eigenvalue weighted by Crippen LogP contribution is 2.44. The van der Waals surface area contributed by atoms with E-state index in [1.807, 2.05) is 0 Å². The third-order valence-electron chi connectivity index (χ3n) is 12.4. The Hall–Kier alpha value is -6.36. The molecule has 0 spiro atoms. The molecule has 8 rings (SSSR count). The zero-order valence-electron chi connectivity index (χ0n) is 40.0. The summed E-state index contributed by atoms with van der Waals surface area (Å²) in [7, 11) is -5.03. The Bertz CT molecular complexity index is 2930. The molecule has 0 saturated heterocycles. The number of hydrogen-bond donors (Lipinski definition) is 2. The predicted octanol–water partition coefficient (Wildman–Crippen LogP) is 11.8. The summed E-state index contributed by atoms with van der Waals surface area (Å²) < 4.78 is 185. The normalized spacial score (nSPS) is 15.6. The van der Waals surface area contributed by atoms with Crippen molar-refractivity contribution in [3.8, 4) is 11.5 Å². The van der Waals surface area contributed by atoms with Crippen LogP contribution in [0.2, 0.25) is 0 Å². The molecule has 0 amide bonds. The van der Waals surface area contributed by atoms with Crippen molar-refractivity contribution in [1.82, 2.24) is 9.97 Å². The van der Waals surface area contributed by atoms with Crippen molar-refractivity contribution in [3.05, 3.63) is 166 Å². The van der Waals surface area contributed by atoms with E-state index < -0.39 is 55.4 Å². The number of hydrogen-bond acceptors (Lipinski definition) is 10. The molecule has 0 fully saturated rings. The Labute approximate surface area is 423 Å². The maximum Gasteiger partial charge on any atom is 0.416 e. The summed E-state index contributed by atoms with van der Waals surface area (Å²) in [5, 5.41) is 0. The standard InChI is InChI=1S/2C26H26F4N2O4S/c2*1-35-13-3-2-5-17-15-18(26(28,29)30)8-10-20(17)21-12-14-36-23-16-19(9-11-22(21)23)37(33,34)32-25-7-4-6-24(27)31-25/h2*4,6-11,15-16,21H,2-3,5,12-14H2,1H3,(H,31,32)/t2*21-/m10/s1. The summed E-state index contributed by atoms with van der Waals surface area (Å²) >= 11 is 0. The molecule has 22 heteroatoms.